The van der Waals surface area contributed by atoms with Crippen molar-refractivity contribution in [2.45, 2.75) is 26.8 Å². The zero-order valence-corrected chi connectivity index (χ0v) is 11.0. The predicted octanol–water partition coefficient (Wildman–Crippen LogP) is 3.31. The van der Waals surface area contributed by atoms with Crippen LogP contribution in [0.25, 0.3) is 0 Å². The van der Waals surface area contributed by atoms with Gasteiger partial charge in [-0.05, 0) is 33.0 Å². The third-order valence-electron chi connectivity index (χ3n) is 2.04. The van der Waals surface area contributed by atoms with E-state index in [4.69, 9.17) is 5.73 Å². The molecule has 1 atom stereocenters. The number of hydrogen-bond donors (Lipinski definition) is 1. The third kappa shape index (κ3) is 3.56. The monoisotopic (exact) mass is 278 g/mol. The predicted molar refractivity (Wildman–Crippen MR) is 65.6 cm³/mol. The van der Waals surface area contributed by atoms with Crippen LogP contribution in [0.3, 0.4) is 0 Å². The lowest BCUT2D eigenvalue weighted by Crippen LogP contribution is -2.26. The van der Waals surface area contributed by atoms with E-state index >= 15 is 0 Å². The zero-order chi connectivity index (χ0) is 10.1. The minimum Gasteiger partial charge on any atom is -0.323 e. The molecule has 4 heteroatoms. The van der Waals surface area contributed by atoms with Crippen molar-refractivity contribution in [3.8, 4) is 0 Å². The molecule has 0 saturated heterocycles. The molecule has 0 spiro atoms. The van der Waals surface area contributed by atoms with Gasteiger partial charge in [-0.3, -0.25) is 0 Å². The van der Waals surface area contributed by atoms with Gasteiger partial charge in [0.25, 0.3) is 0 Å². The van der Waals surface area contributed by atoms with Crippen LogP contribution in [-0.2, 0) is 0 Å². The van der Waals surface area contributed by atoms with Crippen LogP contribution in [0.2, 0.25) is 0 Å². The van der Waals surface area contributed by atoms with E-state index in [1.54, 1.807) is 0 Å². The normalized spacial score (nSPS) is 13.2. The van der Waals surface area contributed by atoms with E-state index in [-0.39, 0.29) is 23.9 Å². The van der Waals surface area contributed by atoms with Gasteiger partial charge < -0.3 is 5.73 Å². The summed E-state index contributed by atoms with van der Waals surface area (Å²) in [4.78, 5) is 4.15. The Morgan fingerprint density at radius 3 is 2.29 bits per heavy atom. The molecule has 0 bridgehead atoms. The summed E-state index contributed by atoms with van der Waals surface area (Å²) in [6, 6.07) is 3.96. The second kappa shape index (κ2) is 5.10. The molecule has 0 saturated carbocycles. The average molecular weight is 280 g/mol. The fraction of sp³-hybridized carbons (Fsp3) is 0.500. The number of rotatable bonds is 1. The highest BCUT2D eigenvalue weighted by Crippen LogP contribution is 2.30. The Morgan fingerprint density at radius 2 is 1.93 bits per heavy atom. The van der Waals surface area contributed by atoms with Crippen molar-refractivity contribution in [1.82, 2.24) is 4.98 Å². The maximum Gasteiger partial charge on any atom is 0.106 e. The first kappa shape index (κ1) is 13.9. The quantitative estimate of drug-likeness (QED) is 0.801. The number of aromatic nitrogens is 1. The van der Waals surface area contributed by atoms with Crippen LogP contribution in [-0.4, -0.2) is 4.98 Å². The van der Waals surface area contributed by atoms with E-state index in [1.807, 2.05) is 18.3 Å². The highest BCUT2D eigenvalue weighted by molar-refractivity contribution is 9.10. The summed E-state index contributed by atoms with van der Waals surface area (Å²) < 4.78 is 0.845. The highest BCUT2D eigenvalue weighted by Gasteiger charge is 2.22. The first-order valence-electron chi connectivity index (χ1n) is 4.28. The van der Waals surface area contributed by atoms with Crippen LogP contribution >= 0.6 is 28.3 Å². The highest BCUT2D eigenvalue weighted by atomic mass is 79.9. The summed E-state index contributed by atoms with van der Waals surface area (Å²) >= 11 is 3.29. The topological polar surface area (TPSA) is 38.9 Å². The molecule has 1 heterocycles. The first-order valence-corrected chi connectivity index (χ1v) is 5.07. The van der Waals surface area contributed by atoms with Crippen molar-refractivity contribution in [2.75, 3.05) is 0 Å². The minimum atomic E-state index is 0. The molecule has 0 aromatic carbocycles. The molecule has 0 aliphatic carbocycles. The Morgan fingerprint density at radius 1 is 1.36 bits per heavy atom. The van der Waals surface area contributed by atoms with Crippen LogP contribution in [0.15, 0.2) is 22.9 Å². The van der Waals surface area contributed by atoms with Crippen LogP contribution < -0.4 is 5.73 Å². The van der Waals surface area contributed by atoms with E-state index in [0.29, 0.717) is 0 Å². The van der Waals surface area contributed by atoms with E-state index in [2.05, 4.69) is 41.7 Å². The maximum atomic E-state index is 6.07. The average Bonchev–Trinajstić information content (AvgIpc) is 2.03. The summed E-state index contributed by atoms with van der Waals surface area (Å²) in [5.41, 5.74) is 7.23. The number of pyridine rings is 1. The van der Waals surface area contributed by atoms with Crippen molar-refractivity contribution in [3.05, 3.63) is 28.5 Å². The van der Waals surface area contributed by atoms with Gasteiger partial charge in [0, 0.05) is 12.2 Å². The summed E-state index contributed by atoms with van der Waals surface area (Å²) in [6.45, 7) is 6.37. The lowest BCUT2D eigenvalue weighted by molar-refractivity contribution is 0.326. The van der Waals surface area contributed by atoms with Gasteiger partial charge in [0.15, 0.2) is 0 Å². The fourth-order valence-electron chi connectivity index (χ4n) is 1.07. The minimum absolute atomic E-state index is 0. The van der Waals surface area contributed by atoms with Gasteiger partial charge in [-0.2, -0.15) is 0 Å². The molecule has 2 N–H and O–H groups in total. The molecule has 0 unspecified atom stereocenters. The van der Waals surface area contributed by atoms with Gasteiger partial charge >= 0.3 is 0 Å². The van der Waals surface area contributed by atoms with Crippen LogP contribution in [0.4, 0.5) is 0 Å². The largest absolute Gasteiger partial charge is 0.323 e. The molecule has 0 radical (unpaired) electrons. The molecule has 14 heavy (non-hydrogen) atoms. The number of hydrogen-bond acceptors (Lipinski definition) is 2. The van der Waals surface area contributed by atoms with Crippen LogP contribution in [0.5, 0.6) is 0 Å². The second-order valence-electron chi connectivity index (χ2n) is 4.26. The Kier molecular flexibility index (Phi) is 5.06. The standard InChI is InChI=1S/C10H15BrN2.ClH/c1-10(2,3)9(12)7-4-5-8(11)13-6-7;/h4-6,9H,12H2,1-3H3;1H/t9-;/m1./s1. The van der Waals surface area contributed by atoms with Gasteiger partial charge in [-0.1, -0.05) is 26.8 Å². The van der Waals surface area contributed by atoms with Gasteiger partial charge in [-0.25, -0.2) is 4.98 Å². The molecular formula is C10H16BrClN2. The van der Waals surface area contributed by atoms with E-state index in [0.717, 1.165) is 10.2 Å². The second-order valence-corrected chi connectivity index (χ2v) is 5.07. The number of halogens is 2. The lowest BCUT2D eigenvalue weighted by atomic mass is 9.84. The summed E-state index contributed by atoms with van der Waals surface area (Å²) in [5, 5.41) is 0. The molecule has 1 rings (SSSR count). The maximum absolute atomic E-state index is 6.07. The Labute approximate surface area is 99.8 Å². The van der Waals surface area contributed by atoms with Crippen LogP contribution in [0, 0.1) is 5.41 Å². The molecule has 0 fully saturated rings. The van der Waals surface area contributed by atoms with Crippen molar-refractivity contribution >= 4 is 28.3 Å². The zero-order valence-electron chi connectivity index (χ0n) is 8.62. The summed E-state index contributed by atoms with van der Waals surface area (Å²) in [6.07, 6.45) is 1.82. The van der Waals surface area contributed by atoms with Crippen molar-refractivity contribution < 1.29 is 0 Å². The number of nitrogens with two attached hydrogens (primary N) is 1. The SMILES string of the molecule is CC(C)(C)[C@H](N)c1ccc(Br)nc1.Cl. The summed E-state index contributed by atoms with van der Waals surface area (Å²) in [7, 11) is 0. The third-order valence-corrected chi connectivity index (χ3v) is 2.51. The summed E-state index contributed by atoms with van der Waals surface area (Å²) in [5.74, 6) is 0. The smallest absolute Gasteiger partial charge is 0.106 e. The van der Waals surface area contributed by atoms with Gasteiger partial charge in [0.2, 0.25) is 0 Å². The molecule has 1 aromatic heterocycles. The lowest BCUT2D eigenvalue weighted by Gasteiger charge is -2.27. The molecule has 1 aromatic rings. The molecule has 80 valence electrons. The molecule has 0 aliphatic heterocycles. The van der Waals surface area contributed by atoms with Crippen molar-refractivity contribution in [1.29, 1.82) is 0 Å². The molecular weight excluding hydrogens is 263 g/mol. The van der Waals surface area contributed by atoms with Gasteiger partial charge in [-0.15, -0.1) is 12.4 Å². The molecule has 2 nitrogen and oxygen atoms in total. The van der Waals surface area contributed by atoms with Crippen molar-refractivity contribution in [3.63, 3.8) is 0 Å². The molecule has 0 amide bonds. The first-order chi connectivity index (χ1) is 5.91. The Bertz CT molecular complexity index is 279. The molecule has 0 aliphatic rings. The van der Waals surface area contributed by atoms with E-state index < -0.39 is 0 Å². The Hall–Kier alpha value is -0.120. The van der Waals surface area contributed by atoms with Gasteiger partial charge in [0.1, 0.15) is 4.60 Å². The van der Waals surface area contributed by atoms with Gasteiger partial charge in [0.05, 0.1) is 0 Å². The van der Waals surface area contributed by atoms with Crippen LogP contribution in [0.1, 0.15) is 32.4 Å². The van der Waals surface area contributed by atoms with Crippen molar-refractivity contribution in [2.24, 2.45) is 11.1 Å². The van der Waals surface area contributed by atoms with E-state index in [1.165, 1.54) is 0 Å². The fourth-order valence-corrected chi connectivity index (χ4v) is 1.31. The Balaban J connectivity index is 0.00000169. The van der Waals surface area contributed by atoms with E-state index in [9.17, 15) is 0 Å². The number of nitrogens with zero attached hydrogens (tertiary/aromatic N) is 1.